The van der Waals surface area contributed by atoms with Crippen molar-refractivity contribution in [1.82, 2.24) is 0 Å². The van der Waals surface area contributed by atoms with Gasteiger partial charge in [0.2, 0.25) is 0 Å². The van der Waals surface area contributed by atoms with Crippen molar-refractivity contribution in [2.75, 3.05) is 23.2 Å². The predicted octanol–water partition coefficient (Wildman–Crippen LogP) is 8.26. The summed E-state index contributed by atoms with van der Waals surface area (Å²) in [6, 6.07) is 30.6. The fourth-order valence-corrected chi connectivity index (χ4v) is 6.08. The molecule has 184 valence electrons. The monoisotopic (exact) mass is 514 g/mol. The Morgan fingerprint density at radius 1 is 0.806 bits per heavy atom. The molecular weight excluding hydrogens is 483 g/mol. The number of benzene rings is 4. The Hall–Kier alpha value is -3.27. The molecule has 36 heavy (non-hydrogen) atoms. The Bertz CT molecular complexity index is 1460. The van der Waals surface area contributed by atoms with E-state index in [1.165, 1.54) is 27.1 Å². The Morgan fingerprint density at radius 3 is 2.28 bits per heavy atom. The van der Waals surface area contributed by atoms with E-state index >= 15 is 0 Å². The number of aryl methyl sites for hydroxylation is 3. The van der Waals surface area contributed by atoms with Crippen LogP contribution in [0.25, 0.3) is 11.1 Å². The van der Waals surface area contributed by atoms with Crippen LogP contribution in [0.3, 0.4) is 0 Å². The quantitative estimate of drug-likeness (QED) is 0.101. The normalized spacial score (nSPS) is 11.5. The molecule has 4 nitrogen and oxygen atoms in total. The third-order valence-corrected chi connectivity index (χ3v) is 8.16. The Balaban J connectivity index is 1.36. The first-order chi connectivity index (χ1) is 17.4. The van der Waals surface area contributed by atoms with Crippen molar-refractivity contribution in [1.29, 1.82) is 0 Å². The van der Waals surface area contributed by atoms with Crippen molar-refractivity contribution >= 4 is 35.2 Å². The van der Waals surface area contributed by atoms with E-state index in [0.29, 0.717) is 12.1 Å². The van der Waals surface area contributed by atoms with Crippen LogP contribution in [-0.4, -0.2) is 19.1 Å². The molecule has 1 atom stereocenters. The van der Waals surface area contributed by atoms with Crippen molar-refractivity contribution in [3.8, 4) is 11.1 Å². The number of hydrogen-bond donors (Lipinski definition) is 3. The zero-order valence-electron chi connectivity index (χ0n) is 20.8. The molecule has 0 bridgehead atoms. The summed E-state index contributed by atoms with van der Waals surface area (Å²) in [7, 11) is 4.04. The molecule has 4 rings (SSSR count). The number of carbonyl (C=O) groups excluding carboxylic acids is 1. The molecule has 4 aromatic carbocycles. The average Bonchev–Trinajstić information content (AvgIpc) is 2.87. The van der Waals surface area contributed by atoms with Gasteiger partial charge in [-0.3, -0.25) is 0 Å². The minimum absolute atomic E-state index is 0.286. The molecule has 0 heterocycles. The van der Waals surface area contributed by atoms with Crippen molar-refractivity contribution in [3.05, 3.63) is 113 Å². The van der Waals surface area contributed by atoms with Gasteiger partial charge in [0.15, 0.2) is 0 Å². The van der Waals surface area contributed by atoms with E-state index in [0.717, 1.165) is 16.9 Å². The summed E-state index contributed by atoms with van der Waals surface area (Å²) in [6.07, 6.45) is 0. The molecule has 0 aliphatic rings. The second-order valence-electron chi connectivity index (χ2n) is 8.81. The first-order valence-electron chi connectivity index (χ1n) is 11.9. The molecule has 0 fully saturated rings. The zero-order chi connectivity index (χ0) is 25.5. The molecule has 0 aliphatic heterocycles. The van der Waals surface area contributed by atoms with Gasteiger partial charge in [-0.05, 0) is 6.92 Å². The summed E-state index contributed by atoms with van der Waals surface area (Å²) in [4.78, 5) is 13.4. The molecule has 1 unspecified atom stereocenters. The van der Waals surface area contributed by atoms with Gasteiger partial charge in [-0.15, -0.1) is 0 Å². The maximum absolute atomic E-state index is 12.2. The van der Waals surface area contributed by atoms with E-state index in [2.05, 4.69) is 66.4 Å². The Morgan fingerprint density at radius 2 is 1.50 bits per heavy atom. The topological polar surface area (TPSA) is 50.4 Å². The van der Waals surface area contributed by atoms with E-state index in [1.54, 1.807) is 6.07 Å². The Kier molecular flexibility index (Phi) is 8.69. The van der Waals surface area contributed by atoms with Crippen molar-refractivity contribution in [2.24, 2.45) is 0 Å². The molecule has 6 heteroatoms. The van der Waals surface area contributed by atoms with Crippen molar-refractivity contribution in [2.45, 2.75) is 25.7 Å². The second kappa shape index (κ2) is 12.1. The SMILES string of the molecule is Cc1cccc(C(=O)OCCNc2cccc(N[SH](#P)c3cc(-c4cccc(C)c4)ccc3C)c2)c1. The number of nitrogens with one attached hydrogen (secondary N) is 2. The van der Waals surface area contributed by atoms with Gasteiger partial charge in [-0.1, -0.05) is 17.7 Å². The number of thiol groups is 1. The molecular formula is C30H31N2O2PS. The second-order valence-corrected chi connectivity index (χ2v) is 11.3. The number of hydrogen-bond acceptors (Lipinski definition) is 4. The number of ether oxygens (including phenoxy) is 1. The maximum atomic E-state index is 12.2. The van der Waals surface area contributed by atoms with Crippen molar-refractivity contribution in [3.63, 3.8) is 0 Å². The van der Waals surface area contributed by atoms with Crippen LogP contribution in [0.2, 0.25) is 0 Å². The third kappa shape index (κ3) is 6.90. The summed E-state index contributed by atoms with van der Waals surface area (Å²) >= 11 is 0. The Labute approximate surface area is 217 Å². The zero-order valence-corrected chi connectivity index (χ0v) is 22.6. The number of rotatable bonds is 7. The number of anilines is 2. The van der Waals surface area contributed by atoms with Crippen LogP contribution in [0.5, 0.6) is 0 Å². The summed E-state index contributed by atoms with van der Waals surface area (Å²) in [5, 5.41) is 3.33. The van der Waals surface area contributed by atoms with E-state index in [9.17, 15) is 4.79 Å². The van der Waals surface area contributed by atoms with Gasteiger partial charge in [0.05, 0.1) is 0 Å². The van der Waals surface area contributed by atoms with Crippen molar-refractivity contribution < 1.29 is 9.53 Å². The molecule has 0 saturated carbocycles. The van der Waals surface area contributed by atoms with E-state index < -0.39 is 10.1 Å². The van der Waals surface area contributed by atoms with Gasteiger partial charge in [-0.2, -0.15) is 0 Å². The fraction of sp³-hybridized carbons (Fsp3) is 0.167. The first kappa shape index (κ1) is 25.8. The van der Waals surface area contributed by atoms with E-state index in [1.807, 2.05) is 49.4 Å². The van der Waals surface area contributed by atoms with Gasteiger partial charge in [0.1, 0.15) is 0 Å². The summed E-state index contributed by atoms with van der Waals surface area (Å²) in [5.74, 6) is -0.306. The van der Waals surface area contributed by atoms with Crippen LogP contribution >= 0.6 is 17.9 Å². The van der Waals surface area contributed by atoms with E-state index in [4.69, 9.17) is 12.6 Å². The standard InChI is InChI=1S/C30H31N2O2PS/c1-21-7-4-9-24(17-21)25-14-13-23(3)29(19-25)36(35)32-28-12-6-11-27(20-28)31-15-16-34-30(33)26-10-5-8-22(2)18-26/h4-14,17-20,31-32,36H,15-16H2,1-3H3. The molecule has 0 amide bonds. The van der Waals surface area contributed by atoms with Gasteiger partial charge >= 0.3 is 193 Å². The van der Waals surface area contributed by atoms with Gasteiger partial charge < -0.3 is 0 Å². The van der Waals surface area contributed by atoms with Crippen LogP contribution in [0.1, 0.15) is 27.0 Å². The van der Waals surface area contributed by atoms with Crippen LogP contribution in [0.4, 0.5) is 11.4 Å². The summed E-state index contributed by atoms with van der Waals surface area (Å²) < 4.78 is 8.97. The molecule has 0 aliphatic carbocycles. The average molecular weight is 515 g/mol. The fourth-order valence-electron chi connectivity index (χ4n) is 3.92. The molecule has 0 saturated heterocycles. The van der Waals surface area contributed by atoms with E-state index in [-0.39, 0.29) is 12.6 Å². The molecule has 4 aromatic rings. The number of esters is 1. The van der Waals surface area contributed by atoms with Crippen LogP contribution in [0, 0.1) is 20.8 Å². The summed E-state index contributed by atoms with van der Waals surface area (Å²) in [5.41, 5.74) is 8.41. The first-order valence-corrected chi connectivity index (χ1v) is 14.4. The van der Waals surface area contributed by atoms with Crippen LogP contribution < -0.4 is 10.0 Å². The van der Waals surface area contributed by atoms with Crippen LogP contribution in [-0.2, 0) is 4.74 Å². The molecule has 0 spiro atoms. The summed E-state index contributed by atoms with van der Waals surface area (Å²) in [6.45, 7) is 7.00. The third-order valence-electron chi connectivity index (χ3n) is 5.80. The molecule has 0 radical (unpaired) electrons. The predicted molar refractivity (Wildman–Crippen MR) is 156 cm³/mol. The van der Waals surface area contributed by atoms with Gasteiger partial charge in [0.25, 0.3) is 0 Å². The molecule has 2 N–H and O–H groups in total. The number of carbonyl (C=O) groups is 1. The molecule has 0 aromatic heterocycles. The minimum atomic E-state index is -0.905. The van der Waals surface area contributed by atoms with Gasteiger partial charge in [-0.25, -0.2) is 0 Å². The van der Waals surface area contributed by atoms with Crippen LogP contribution in [0.15, 0.2) is 95.9 Å². The van der Waals surface area contributed by atoms with Gasteiger partial charge in [0, 0.05) is 0 Å².